The van der Waals surface area contributed by atoms with Crippen LogP contribution in [0.1, 0.15) is 45.1 Å². The first-order valence-electron chi connectivity index (χ1n) is 9.08. The molecule has 0 amide bonds. The number of esters is 1. The van der Waals surface area contributed by atoms with E-state index >= 15 is 0 Å². The van der Waals surface area contributed by atoms with Crippen molar-refractivity contribution in [2.45, 2.75) is 18.7 Å². The molecule has 0 N–H and O–H groups in total. The number of methoxy groups -OCH3 is 1. The molecule has 0 unspecified atom stereocenters. The van der Waals surface area contributed by atoms with Crippen molar-refractivity contribution in [3.05, 3.63) is 87.6 Å². The fourth-order valence-corrected chi connectivity index (χ4v) is 4.47. The highest BCUT2D eigenvalue weighted by Crippen LogP contribution is 2.47. The lowest BCUT2D eigenvalue weighted by molar-refractivity contribution is -0.0190. The zero-order chi connectivity index (χ0) is 19.1. The molecule has 0 bridgehead atoms. The van der Waals surface area contributed by atoms with Crippen LogP contribution in [0.4, 0.5) is 0 Å². The van der Waals surface area contributed by atoms with Crippen molar-refractivity contribution < 1.29 is 14.3 Å². The van der Waals surface area contributed by atoms with Crippen molar-refractivity contribution in [3.63, 3.8) is 0 Å². The Kier molecular flexibility index (Phi) is 4.13. The molecular weight excluding hydrogens is 372 g/mol. The summed E-state index contributed by atoms with van der Waals surface area (Å²) < 4.78 is 11.1. The summed E-state index contributed by atoms with van der Waals surface area (Å²) in [5.74, 6) is 0.534. The largest absolute Gasteiger partial charge is 0.465 e. The number of fused-ring (bicyclic) bond motifs is 3. The third-order valence-corrected chi connectivity index (χ3v) is 6.04. The van der Waals surface area contributed by atoms with Gasteiger partial charge in [0, 0.05) is 17.5 Å². The van der Waals surface area contributed by atoms with Gasteiger partial charge in [-0.15, -0.1) is 11.3 Å². The smallest absolute Gasteiger partial charge is 0.337 e. The molecule has 6 heteroatoms. The molecule has 28 heavy (non-hydrogen) atoms. The molecule has 5 rings (SSSR count). The Morgan fingerprint density at radius 2 is 1.96 bits per heavy atom. The molecule has 1 aromatic heterocycles. The summed E-state index contributed by atoms with van der Waals surface area (Å²) >= 11 is 1.70. The fraction of sp³-hybridized carbons (Fsp3) is 0.182. The summed E-state index contributed by atoms with van der Waals surface area (Å²) in [5, 5.41) is 9.04. The van der Waals surface area contributed by atoms with E-state index in [0.29, 0.717) is 5.56 Å². The number of hydrazone groups is 1. The highest BCUT2D eigenvalue weighted by molar-refractivity contribution is 7.12. The summed E-state index contributed by atoms with van der Waals surface area (Å²) in [4.78, 5) is 12.9. The summed E-state index contributed by atoms with van der Waals surface area (Å²) in [6.45, 7) is 0. The van der Waals surface area contributed by atoms with Crippen LogP contribution < -0.4 is 4.74 Å². The number of ether oxygens (including phenoxy) is 2. The van der Waals surface area contributed by atoms with E-state index < -0.39 is 0 Å². The molecule has 3 heterocycles. The first-order chi connectivity index (χ1) is 13.7. The van der Waals surface area contributed by atoms with E-state index in [-0.39, 0.29) is 18.2 Å². The van der Waals surface area contributed by atoms with Gasteiger partial charge in [0.25, 0.3) is 0 Å². The highest BCUT2D eigenvalue weighted by atomic mass is 32.1. The monoisotopic (exact) mass is 390 g/mol. The van der Waals surface area contributed by atoms with Crippen molar-refractivity contribution >= 4 is 23.0 Å². The number of carbonyl (C=O) groups excluding carboxylic acids is 1. The average Bonchev–Trinajstić information content (AvgIpc) is 3.42. The first-order valence-corrected chi connectivity index (χ1v) is 9.96. The summed E-state index contributed by atoms with van der Waals surface area (Å²) in [6, 6.07) is 19.8. The molecule has 2 aromatic carbocycles. The standard InChI is InChI=1S/C22H18N2O3S/c1-26-22(25)15-10-8-14(9-11-15)21-24-18(16-5-2-3-6-19(16)27-21)13-17(23-24)20-7-4-12-28-20/h2-12,18,21H,13H2,1H3/t18-,21-/m1/s1. The van der Waals surface area contributed by atoms with Crippen LogP contribution in [0.25, 0.3) is 0 Å². The second-order valence-corrected chi connectivity index (χ2v) is 7.69. The lowest BCUT2D eigenvalue weighted by Gasteiger charge is -2.38. The van der Waals surface area contributed by atoms with Gasteiger partial charge in [-0.1, -0.05) is 36.4 Å². The Labute approximate surface area is 166 Å². The fourth-order valence-electron chi connectivity index (χ4n) is 3.75. The topological polar surface area (TPSA) is 51.1 Å². The minimum Gasteiger partial charge on any atom is -0.465 e. The number of hydrogen-bond acceptors (Lipinski definition) is 6. The molecule has 3 aromatic rings. The first kappa shape index (κ1) is 17.0. The summed E-state index contributed by atoms with van der Waals surface area (Å²) in [6.07, 6.45) is 0.501. The van der Waals surface area contributed by atoms with Crippen LogP contribution >= 0.6 is 11.3 Å². The number of nitrogens with zero attached hydrogens (tertiary/aromatic N) is 2. The van der Waals surface area contributed by atoms with Crippen LogP contribution in [0.15, 0.2) is 71.1 Å². The summed E-state index contributed by atoms with van der Waals surface area (Å²) in [7, 11) is 1.38. The van der Waals surface area contributed by atoms with E-state index in [1.165, 1.54) is 12.0 Å². The molecule has 2 aliphatic rings. The van der Waals surface area contributed by atoms with E-state index in [4.69, 9.17) is 14.6 Å². The number of benzene rings is 2. The number of para-hydroxylation sites is 1. The molecule has 0 saturated heterocycles. The minimum atomic E-state index is -0.349. The molecule has 0 radical (unpaired) electrons. The van der Waals surface area contributed by atoms with Crippen LogP contribution in [0.3, 0.4) is 0 Å². The molecule has 2 atom stereocenters. The minimum absolute atomic E-state index is 0.132. The number of rotatable bonds is 3. The Balaban J connectivity index is 1.54. The molecule has 140 valence electrons. The molecule has 5 nitrogen and oxygen atoms in total. The third-order valence-electron chi connectivity index (χ3n) is 5.12. The van der Waals surface area contributed by atoms with Gasteiger partial charge in [0.2, 0.25) is 6.23 Å². The van der Waals surface area contributed by atoms with E-state index in [1.54, 1.807) is 23.5 Å². The van der Waals surface area contributed by atoms with Gasteiger partial charge in [-0.2, -0.15) is 5.10 Å². The Bertz CT molecular complexity index is 1040. The molecule has 0 fully saturated rings. The second-order valence-electron chi connectivity index (χ2n) is 6.75. The van der Waals surface area contributed by atoms with Crippen LogP contribution in [0, 0.1) is 0 Å². The summed E-state index contributed by atoms with van der Waals surface area (Å²) in [5.41, 5.74) is 3.70. The van der Waals surface area contributed by atoms with Crippen molar-refractivity contribution in [2.75, 3.05) is 7.11 Å². The molecular formula is C22H18N2O3S. The zero-order valence-corrected chi connectivity index (χ0v) is 16.1. The Morgan fingerprint density at radius 3 is 2.71 bits per heavy atom. The maximum atomic E-state index is 11.7. The quantitative estimate of drug-likeness (QED) is 0.604. The zero-order valence-electron chi connectivity index (χ0n) is 15.2. The third kappa shape index (κ3) is 2.77. The molecule has 0 spiro atoms. The normalized spacial score (nSPS) is 20.0. The van der Waals surface area contributed by atoms with Gasteiger partial charge >= 0.3 is 5.97 Å². The van der Waals surface area contributed by atoms with E-state index in [2.05, 4.69) is 17.5 Å². The van der Waals surface area contributed by atoms with Crippen molar-refractivity contribution in [1.29, 1.82) is 0 Å². The van der Waals surface area contributed by atoms with Gasteiger partial charge in [0.15, 0.2) is 0 Å². The number of carbonyl (C=O) groups is 1. The predicted molar refractivity (Wildman–Crippen MR) is 108 cm³/mol. The Hall–Kier alpha value is -3.12. The van der Waals surface area contributed by atoms with Crippen LogP contribution in [0.2, 0.25) is 0 Å². The molecule has 0 aliphatic carbocycles. The molecule has 0 saturated carbocycles. The highest BCUT2D eigenvalue weighted by Gasteiger charge is 2.41. The molecule has 2 aliphatic heterocycles. The lowest BCUT2D eigenvalue weighted by Crippen LogP contribution is -2.33. The average molecular weight is 390 g/mol. The van der Waals surface area contributed by atoms with Gasteiger partial charge < -0.3 is 9.47 Å². The van der Waals surface area contributed by atoms with Gasteiger partial charge in [-0.3, -0.25) is 0 Å². The van der Waals surface area contributed by atoms with Gasteiger partial charge in [-0.25, -0.2) is 9.80 Å². The van der Waals surface area contributed by atoms with Gasteiger partial charge in [0.05, 0.1) is 29.3 Å². The maximum Gasteiger partial charge on any atom is 0.337 e. The van der Waals surface area contributed by atoms with E-state index in [0.717, 1.165) is 29.0 Å². The van der Waals surface area contributed by atoms with Crippen LogP contribution in [-0.2, 0) is 4.74 Å². The SMILES string of the molecule is COC(=O)c1ccc([C@H]2Oc3ccccc3[C@H]3CC(c4cccs4)=NN32)cc1. The number of thiophene rings is 1. The second kappa shape index (κ2) is 6.80. The maximum absolute atomic E-state index is 11.7. The number of hydrogen-bond donors (Lipinski definition) is 0. The van der Waals surface area contributed by atoms with Crippen LogP contribution in [0.5, 0.6) is 5.75 Å². The predicted octanol–water partition coefficient (Wildman–Crippen LogP) is 4.78. The van der Waals surface area contributed by atoms with E-state index in [1.807, 2.05) is 41.4 Å². The van der Waals surface area contributed by atoms with Crippen LogP contribution in [-0.4, -0.2) is 23.8 Å². The van der Waals surface area contributed by atoms with Crippen molar-refractivity contribution in [1.82, 2.24) is 5.01 Å². The van der Waals surface area contributed by atoms with Gasteiger partial charge in [0.1, 0.15) is 5.75 Å². The Morgan fingerprint density at radius 1 is 1.14 bits per heavy atom. The van der Waals surface area contributed by atoms with E-state index in [9.17, 15) is 4.79 Å². The lowest BCUT2D eigenvalue weighted by atomic mass is 9.97. The van der Waals surface area contributed by atoms with Crippen molar-refractivity contribution in [2.24, 2.45) is 5.10 Å². The van der Waals surface area contributed by atoms with Gasteiger partial charge in [-0.05, 0) is 29.6 Å². The van der Waals surface area contributed by atoms with Crippen molar-refractivity contribution in [3.8, 4) is 5.75 Å².